The molecule has 0 N–H and O–H groups in total. The van der Waals surface area contributed by atoms with Gasteiger partial charge >= 0.3 is 0 Å². The first-order valence-corrected chi connectivity index (χ1v) is 9.36. The number of aryl methyl sites for hydroxylation is 1. The van der Waals surface area contributed by atoms with E-state index in [0.717, 1.165) is 24.6 Å². The average molecular weight is 357 g/mol. The molecule has 6 rings (SSSR count). The van der Waals surface area contributed by atoms with Crippen LogP contribution >= 0.6 is 0 Å². The fourth-order valence-corrected chi connectivity index (χ4v) is 5.19. The van der Waals surface area contributed by atoms with Crippen LogP contribution in [0.3, 0.4) is 0 Å². The Kier molecular flexibility index (Phi) is 3.30. The molecule has 0 unspecified atom stereocenters. The molecule has 1 aliphatic heterocycles. The van der Waals surface area contributed by atoms with Gasteiger partial charge in [-0.1, -0.05) is 22.4 Å². The average Bonchev–Trinajstić information content (AvgIpc) is 3.21. The molecule has 138 valence electrons. The molecule has 3 saturated carbocycles. The van der Waals surface area contributed by atoms with Gasteiger partial charge in [0.15, 0.2) is 5.82 Å². The van der Waals surface area contributed by atoms with E-state index in [2.05, 4.69) is 27.0 Å². The number of aromatic nitrogens is 4. The summed E-state index contributed by atoms with van der Waals surface area (Å²) in [4.78, 5) is 19.1. The second-order valence-electron chi connectivity index (χ2n) is 8.71. The number of carbonyl (C=O) groups is 1. The van der Waals surface area contributed by atoms with Crippen LogP contribution in [0.2, 0.25) is 0 Å². The van der Waals surface area contributed by atoms with Gasteiger partial charge in [0.05, 0.1) is 11.8 Å². The van der Waals surface area contributed by atoms with Crippen LogP contribution < -0.4 is 0 Å². The van der Waals surface area contributed by atoms with Gasteiger partial charge in [-0.3, -0.25) is 4.79 Å². The Labute approximate surface area is 151 Å². The highest BCUT2D eigenvalue weighted by molar-refractivity contribution is 5.78. The summed E-state index contributed by atoms with van der Waals surface area (Å²) in [6, 6.07) is 0. The summed E-state index contributed by atoms with van der Waals surface area (Å²) in [7, 11) is 0. The van der Waals surface area contributed by atoms with E-state index in [1.165, 1.54) is 19.3 Å². The van der Waals surface area contributed by atoms with Gasteiger partial charge in [0.25, 0.3) is 0 Å². The monoisotopic (exact) mass is 357 g/mol. The predicted molar refractivity (Wildman–Crippen MR) is 89.2 cm³/mol. The van der Waals surface area contributed by atoms with Crippen molar-refractivity contribution in [1.29, 1.82) is 0 Å². The number of hydrogen-bond acceptors (Lipinski definition) is 7. The Morgan fingerprint density at radius 3 is 2.54 bits per heavy atom. The van der Waals surface area contributed by atoms with Crippen LogP contribution in [-0.2, 0) is 16.6 Å². The summed E-state index contributed by atoms with van der Waals surface area (Å²) in [6.45, 7) is 5.54. The molecule has 3 aliphatic carbocycles. The van der Waals surface area contributed by atoms with Crippen molar-refractivity contribution in [1.82, 2.24) is 25.4 Å². The molecular weight excluding hydrogens is 334 g/mol. The zero-order valence-corrected chi connectivity index (χ0v) is 15.2. The Hall–Kier alpha value is -2.25. The normalized spacial score (nSPS) is 30.8. The van der Waals surface area contributed by atoms with Crippen LogP contribution in [0.4, 0.5) is 0 Å². The van der Waals surface area contributed by atoms with Crippen molar-refractivity contribution in [3.63, 3.8) is 0 Å². The van der Waals surface area contributed by atoms with Crippen molar-refractivity contribution in [2.45, 2.75) is 63.7 Å². The van der Waals surface area contributed by atoms with Crippen molar-refractivity contribution in [2.24, 2.45) is 5.41 Å². The van der Waals surface area contributed by atoms with E-state index in [4.69, 9.17) is 9.51 Å². The Balaban J connectivity index is 1.18. The minimum atomic E-state index is 0.0677. The van der Waals surface area contributed by atoms with Crippen molar-refractivity contribution >= 4 is 5.91 Å². The molecule has 3 heterocycles. The molecule has 2 bridgehead atoms. The molecule has 4 aliphatic rings. The molecule has 2 aromatic rings. The summed E-state index contributed by atoms with van der Waals surface area (Å²) < 4.78 is 10.3. The van der Waals surface area contributed by atoms with Gasteiger partial charge in [0.2, 0.25) is 11.8 Å². The number of rotatable bonds is 4. The topological polar surface area (TPSA) is 98.2 Å². The van der Waals surface area contributed by atoms with Gasteiger partial charge in [-0.2, -0.15) is 4.98 Å². The first-order chi connectivity index (χ1) is 12.5. The molecule has 2 aromatic heterocycles. The molecule has 0 atom stereocenters. The predicted octanol–water partition coefficient (Wildman–Crippen LogP) is 2.15. The molecule has 8 heteroatoms. The smallest absolute Gasteiger partial charge is 0.232 e. The lowest BCUT2D eigenvalue weighted by Gasteiger charge is -2.67. The maximum absolute atomic E-state index is 12.4. The lowest BCUT2D eigenvalue weighted by Crippen LogP contribution is -2.63. The molecule has 1 saturated heterocycles. The summed E-state index contributed by atoms with van der Waals surface area (Å²) in [5.41, 5.74) is 2.00. The van der Waals surface area contributed by atoms with E-state index in [1.54, 1.807) is 6.92 Å². The number of amides is 1. The third kappa shape index (κ3) is 2.38. The second-order valence-corrected chi connectivity index (χ2v) is 8.71. The van der Waals surface area contributed by atoms with Crippen molar-refractivity contribution in [2.75, 3.05) is 13.1 Å². The number of carbonyl (C=O) groups excluding carboxylic acids is 1. The van der Waals surface area contributed by atoms with Crippen LogP contribution in [-0.4, -0.2) is 44.4 Å². The number of likely N-dealkylation sites (tertiary alicyclic amines) is 1. The fourth-order valence-electron chi connectivity index (χ4n) is 5.19. The quantitative estimate of drug-likeness (QED) is 0.827. The second kappa shape index (κ2) is 5.37. The van der Waals surface area contributed by atoms with Crippen LogP contribution in [0.5, 0.6) is 0 Å². The molecule has 0 aromatic carbocycles. The highest BCUT2D eigenvalue weighted by atomic mass is 16.6. The summed E-state index contributed by atoms with van der Waals surface area (Å²) in [5, 5.41) is 11.8. The number of hydrogen-bond donors (Lipinski definition) is 0. The van der Waals surface area contributed by atoms with Crippen molar-refractivity contribution in [3.05, 3.63) is 23.1 Å². The lowest BCUT2D eigenvalue weighted by molar-refractivity contribution is -0.141. The number of piperidine rings is 1. The van der Waals surface area contributed by atoms with E-state index in [-0.39, 0.29) is 23.7 Å². The third-order valence-corrected chi connectivity index (χ3v) is 6.47. The summed E-state index contributed by atoms with van der Waals surface area (Å²) >= 11 is 0. The van der Waals surface area contributed by atoms with Gasteiger partial charge < -0.3 is 9.42 Å². The maximum Gasteiger partial charge on any atom is 0.232 e. The molecule has 4 fully saturated rings. The molecule has 0 radical (unpaired) electrons. The Bertz CT molecular complexity index is 829. The van der Waals surface area contributed by atoms with Gasteiger partial charge in [0, 0.05) is 19.0 Å². The van der Waals surface area contributed by atoms with Crippen LogP contribution in [0, 0.1) is 12.3 Å². The highest BCUT2D eigenvalue weighted by Crippen LogP contribution is 2.73. The summed E-state index contributed by atoms with van der Waals surface area (Å²) in [5.74, 6) is 2.00. The van der Waals surface area contributed by atoms with E-state index >= 15 is 0 Å². The van der Waals surface area contributed by atoms with Gasteiger partial charge in [-0.25, -0.2) is 4.63 Å². The molecule has 0 spiro atoms. The fraction of sp³-hybridized carbons (Fsp3) is 0.722. The third-order valence-electron chi connectivity index (χ3n) is 6.47. The van der Waals surface area contributed by atoms with Gasteiger partial charge in [-0.15, -0.1) is 0 Å². The van der Waals surface area contributed by atoms with Crippen molar-refractivity contribution in [3.8, 4) is 0 Å². The molecular formula is C18H23N5O3. The zero-order valence-electron chi connectivity index (χ0n) is 15.2. The summed E-state index contributed by atoms with van der Waals surface area (Å²) in [6.07, 6.45) is 5.53. The minimum Gasteiger partial charge on any atom is -0.342 e. The molecule has 8 nitrogen and oxygen atoms in total. The largest absolute Gasteiger partial charge is 0.342 e. The highest BCUT2D eigenvalue weighted by Gasteiger charge is 2.68. The molecule has 1 amide bonds. The van der Waals surface area contributed by atoms with Crippen molar-refractivity contribution < 1.29 is 13.9 Å². The Morgan fingerprint density at radius 2 is 1.92 bits per heavy atom. The Morgan fingerprint density at radius 1 is 1.19 bits per heavy atom. The first kappa shape index (κ1) is 16.0. The van der Waals surface area contributed by atoms with E-state index in [0.29, 0.717) is 29.9 Å². The first-order valence-electron chi connectivity index (χ1n) is 9.36. The molecule has 26 heavy (non-hydrogen) atoms. The zero-order chi connectivity index (χ0) is 17.9. The number of nitrogens with zero attached hydrogens (tertiary/aromatic N) is 5. The van der Waals surface area contributed by atoms with Crippen LogP contribution in [0.1, 0.15) is 68.0 Å². The van der Waals surface area contributed by atoms with E-state index in [9.17, 15) is 4.79 Å². The standard InChI is InChI=1S/C18H23N5O3/c1-11-13(21-26-20-11)7-14(24)23-5-3-12(4-6-23)15-19-16(25-22-15)18-8-17(2,9-18)10-18/h12H,3-10H2,1-2H3. The van der Waals surface area contributed by atoms with Gasteiger partial charge in [0.1, 0.15) is 11.4 Å². The van der Waals surface area contributed by atoms with E-state index < -0.39 is 0 Å². The maximum atomic E-state index is 12.4. The van der Waals surface area contributed by atoms with Gasteiger partial charge in [-0.05, 0) is 44.4 Å². The SMILES string of the molecule is Cc1nonc1CC(=O)N1CCC(c2noc(C34CC(C)(C3)C4)n2)CC1. The van der Waals surface area contributed by atoms with Crippen LogP contribution in [0.25, 0.3) is 0 Å². The lowest BCUT2D eigenvalue weighted by atomic mass is 9.36. The van der Waals surface area contributed by atoms with Crippen LogP contribution in [0.15, 0.2) is 9.15 Å². The minimum absolute atomic E-state index is 0.0677. The van der Waals surface area contributed by atoms with E-state index in [1.807, 2.05) is 4.90 Å².